The molecule has 0 aromatic heterocycles. The van der Waals surface area contributed by atoms with Gasteiger partial charge in [0.25, 0.3) is 0 Å². The molecule has 0 aromatic carbocycles. The molecule has 0 spiro atoms. The third-order valence-corrected chi connectivity index (χ3v) is 9.56. The van der Waals surface area contributed by atoms with Gasteiger partial charge in [0.2, 0.25) is 0 Å². The van der Waals surface area contributed by atoms with Crippen LogP contribution in [0.5, 0.6) is 0 Å². The Kier molecular flexibility index (Phi) is 38.9. The van der Waals surface area contributed by atoms with E-state index in [0.717, 1.165) is 38.5 Å². The summed E-state index contributed by atoms with van der Waals surface area (Å²) in [5, 5.41) is 9.57. The molecular weight excluding hydrogens is 596 g/mol. The molecule has 48 heavy (non-hydrogen) atoms. The summed E-state index contributed by atoms with van der Waals surface area (Å²) in [4.78, 5) is 24.3. The zero-order chi connectivity index (χ0) is 35.0. The lowest BCUT2D eigenvalue weighted by molar-refractivity contribution is -0.161. The van der Waals surface area contributed by atoms with Gasteiger partial charge < -0.3 is 14.6 Å². The van der Waals surface area contributed by atoms with Crippen molar-refractivity contribution in [3.63, 3.8) is 0 Å². The molecule has 284 valence electrons. The second kappa shape index (κ2) is 40.1. The molecule has 0 aliphatic heterocycles. The quantitative estimate of drug-likeness (QED) is 0.0398. The number of hydrogen-bond donors (Lipinski definition) is 1. The minimum absolute atomic E-state index is 0.0607. The topological polar surface area (TPSA) is 72.8 Å². The molecule has 0 aliphatic rings. The fourth-order valence-corrected chi connectivity index (χ4v) is 6.31. The van der Waals surface area contributed by atoms with Crippen molar-refractivity contribution in [1.82, 2.24) is 0 Å². The Morgan fingerprint density at radius 3 is 1.12 bits per heavy atom. The largest absolute Gasteiger partial charge is 0.462 e. The molecule has 5 heteroatoms. The van der Waals surface area contributed by atoms with Crippen LogP contribution in [-0.2, 0) is 19.1 Å². The number of carbonyl (C=O) groups excluding carboxylic acids is 2. The number of allylic oxidation sites excluding steroid dienone is 2. The fraction of sp³-hybridized carbons (Fsp3) is 0.907. The first-order valence-electron chi connectivity index (χ1n) is 21.2. The molecule has 0 heterocycles. The smallest absolute Gasteiger partial charge is 0.306 e. The molecule has 1 atom stereocenters. The van der Waals surface area contributed by atoms with Crippen LogP contribution in [0.15, 0.2) is 12.2 Å². The Morgan fingerprint density at radius 2 is 0.771 bits per heavy atom. The summed E-state index contributed by atoms with van der Waals surface area (Å²) in [6.45, 7) is 4.16. The van der Waals surface area contributed by atoms with Gasteiger partial charge in [-0.25, -0.2) is 0 Å². The Bertz CT molecular complexity index is 691. The first-order chi connectivity index (χ1) is 23.6. The zero-order valence-corrected chi connectivity index (χ0v) is 32.3. The van der Waals surface area contributed by atoms with Crippen LogP contribution >= 0.6 is 0 Å². The summed E-state index contributed by atoms with van der Waals surface area (Å²) in [5.41, 5.74) is 0. The van der Waals surface area contributed by atoms with E-state index in [9.17, 15) is 14.7 Å². The molecule has 0 bridgehead atoms. The van der Waals surface area contributed by atoms with Crippen molar-refractivity contribution in [2.75, 3.05) is 13.2 Å². The van der Waals surface area contributed by atoms with Crippen LogP contribution < -0.4 is 0 Å². The Morgan fingerprint density at radius 1 is 0.458 bits per heavy atom. The van der Waals surface area contributed by atoms with Crippen LogP contribution in [0.2, 0.25) is 0 Å². The molecule has 0 aromatic rings. The molecule has 0 aliphatic carbocycles. The Hall–Kier alpha value is -1.36. The minimum Gasteiger partial charge on any atom is -0.462 e. The summed E-state index contributed by atoms with van der Waals surface area (Å²) >= 11 is 0. The molecule has 0 fully saturated rings. The molecule has 5 nitrogen and oxygen atoms in total. The molecule has 0 saturated heterocycles. The van der Waals surface area contributed by atoms with Gasteiger partial charge in [-0.1, -0.05) is 193 Å². The average molecular weight is 679 g/mol. The standard InChI is InChI=1S/C43H82O5/c1-3-5-7-9-11-13-15-17-19-20-21-22-24-25-27-29-31-33-35-37-42(45)47-40-41(39-44)48-43(46)38-36-34-32-30-28-26-23-18-16-14-12-10-8-6-4-2/h17,19,41,44H,3-16,18,20-40H2,1-2H3. The number of ether oxygens (including phenoxy) is 2. The third-order valence-electron chi connectivity index (χ3n) is 9.56. The van der Waals surface area contributed by atoms with Crippen LogP contribution in [-0.4, -0.2) is 36.4 Å². The van der Waals surface area contributed by atoms with Crippen LogP contribution in [0.4, 0.5) is 0 Å². The normalized spacial score (nSPS) is 12.1. The van der Waals surface area contributed by atoms with Gasteiger partial charge in [-0.05, 0) is 38.5 Å². The lowest BCUT2D eigenvalue weighted by atomic mass is 10.0. The van der Waals surface area contributed by atoms with Crippen LogP contribution in [0.25, 0.3) is 0 Å². The predicted molar refractivity (Wildman–Crippen MR) is 205 cm³/mol. The maximum absolute atomic E-state index is 12.2. The van der Waals surface area contributed by atoms with E-state index in [1.54, 1.807) is 0 Å². The number of rotatable bonds is 39. The van der Waals surface area contributed by atoms with Crippen molar-refractivity contribution >= 4 is 11.9 Å². The van der Waals surface area contributed by atoms with E-state index in [1.165, 1.54) is 167 Å². The molecule has 0 amide bonds. The average Bonchev–Trinajstić information content (AvgIpc) is 3.09. The summed E-state index contributed by atoms with van der Waals surface area (Å²) in [5.74, 6) is -0.580. The SMILES string of the molecule is CCCCCCCCC=CCCCCCCCCCCCC(=O)OCC(CO)OC(=O)CCCCCCCCCCCCCCCCC. The summed E-state index contributed by atoms with van der Waals surface area (Å²) in [6.07, 6.45) is 45.6. The van der Waals surface area contributed by atoms with E-state index in [0.29, 0.717) is 12.8 Å². The van der Waals surface area contributed by atoms with Crippen molar-refractivity contribution in [3.8, 4) is 0 Å². The maximum atomic E-state index is 12.2. The van der Waals surface area contributed by atoms with Crippen LogP contribution in [0.1, 0.15) is 232 Å². The molecule has 0 saturated carbocycles. The molecule has 1 N–H and O–H groups in total. The summed E-state index contributed by atoms with van der Waals surface area (Å²) < 4.78 is 10.6. The van der Waals surface area contributed by atoms with Crippen molar-refractivity contribution in [2.24, 2.45) is 0 Å². The monoisotopic (exact) mass is 679 g/mol. The van der Waals surface area contributed by atoms with E-state index < -0.39 is 6.10 Å². The van der Waals surface area contributed by atoms with Crippen LogP contribution in [0, 0.1) is 0 Å². The van der Waals surface area contributed by atoms with Crippen molar-refractivity contribution in [1.29, 1.82) is 0 Å². The molecule has 0 rings (SSSR count). The Balaban J connectivity index is 3.49. The van der Waals surface area contributed by atoms with E-state index in [4.69, 9.17) is 9.47 Å². The lowest BCUT2D eigenvalue weighted by Gasteiger charge is -2.15. The minimum atomic E-state index is -0.765. The van der Waals surface area contributed by atoms with E-state index in [-0.39, 0.29) is 25.2 Å². The van der Waals surface area contributed by atoms with Crippen molar-refractivity contribution in [2.45, 2.75) is 238 Å². The van der Waals surface area contributed by atoms with E-state index in [1.807, 2.05) is 0 Å². The van der Waals surface area contributed by atoms with Crippen molar-refractivity contribution in [3.05, 3.63) is 12.2 Å². The zero-order valence-electron chi connectivity index (χ0n) is 32.3. The van der Waals surface area contributed by atoms with Gasteiger partial charge in [-0.2, -0.15) is 0 Å². The number of unbranched alkanes of at least 4 members (excludes halogenated alkanes) is 29. The first-order valence-corrected chi connectivity index (χ1v) is 21.2. The number of aliphatic hydroxyl groups is 1. The van der Waals surface area contributed by atoms with Crippen molar-refractivity contribution < 1.29 is 24.2 Å². The second-order valence-electron chi connectivity index (χ2n) is 14.4. The lowest BCUT2D eigenvalue weighted by Crippen LogP contribution is -2.28. The van der Waals surface area contributed by atoms with Gasteiger partial charge in [-0.15, -0.1) is 0 Å². The Labute approximate surface area is 299 Å². The van der Waals surface area contributed by atoms with Gasteiger partial charge in [0.1, 0.15) is 6.61 Å². The summed E-state index contributed by atoms with van der Waals surface area (Å²) in [7, 11) is 0. The van der Waals surface area contributed by atoms with Gasteiger partial charge in [0, 0.05) is 12.8 Å². The fourth-order valence-electron chi connectivity index (χ4n) is 6.31. The maximum Gasteiger partial charge on any atom is 0.306 e. The number of hydrogen-bond acceptors (Lipinski definition) is 5. The van der Waals surface area contributed by atoms with Crippen LogP contribution in [0.3, 0.4) is 0 Å². The summed E-state index contributed by atoms with van der Waals surface area (Å²) in [6, 6.07) is 0. The number of aliphatic hydroxyl groups excluding tert-OH is 1. The van der Waals surface area contributed by atoms with Gasteiger partial charge >= 0.3 is 11.9 Å². The highest BCUT2D eigenvalue weighted by Crippen LogP contribution is 2.15. The molecular formula is C43H82O5. The highest BCUT2D eigenvalue weighted by atomic mass is 16.6. The van der Waals surface area contributed by atoms with E-state index in [2.05, 4.69) is 26.0 Å². The number of carbonyl (C=O) groups is 2. The van der Waals surface area contributed by atoms with Gasteiger partial charge in [0.15, 0.2) is 6.10 Å². The predicted octanol–water partition coefficient (Wildman–Crippen LogP) is 13.3. The number of esters is 2. The van der Waals surface area contributed by atoms with Gasteiger partial charge in [-0.3, -0.25) is 9.59 Å². The molecule has 1 unspecified atom stereocenters. The van der Waals surface area contributed by atoms with Gasteiger partial charge in [0.05, 0.1) is 6.61 Å². The molecule has 0 radical (unpaired) electrons. The highest BCUT2D eigenvalue weighted by molar-refractivity contribution is 5.70. The first kappa shape index (κ1) is 46.6. The third kappa shape index (κ3) is 37.5. The highest BCUT2D eigenvalue weighted by Gasteiger charge is 2.16. The van der Waals surface area contributed by atoms with E-state index >= 15 is 0 Å². The second-order valence-corrected chi connectivity index (χ2v) is 14.4.